The maximum Gasteiger partial charge on any atom is 0.0777 e. The molecule has 0 unspecified atom stereocenters. The van der Waals surface area contributed by atoms with Crippen molar-refractivity contribution < 1.29 is 10.1 Å². The number of halogens is 1. The van der Waals surface area contributed by atoms with Crippen LogP contribution in [-0.4, -0.2) is 32.6 Å². The topological polar surface area (TPSA) is 25.8 Å². The maximum atomic E-state index is 5.83. The second kappa shape index (κ2) is 9.77. The minimum absolute atomic E-state index is 0.806. The number of hydrogen-bond acceptors (Lipinski definition) is 2. The smallest absolute Gasteiger partial charge is 0.0777 e. The van der Waals surface area contributed by atoms with Crippen molar-refractivity contribution in [1.29, 1.82) is 0 Å². The number of nitrogens with two attached hydrogens (primary N) is 1. The van der Waals surface area contributed by atoms with Crippen molar-refractivity contribution in [2.45, 2.75) is 17.7 Å². The first kappa shape index (κ1) is 14.8. The van der Waals surface area contributed by atoms with Crippen LogP contribution in [0.5, 0.6) is 0 Å². The number of rotatable bonds is 9. The van der Waals surface area contributed by atoms with E-state index in [0.717, 1.165) is 18.1 Å². The third-order valence-electron chi connectivity index (χ3n) is 2.39. The molecule has 0 amide bonds. The van der Waals surface area contributed by atoms with Crippen molar-refractivity contribution in [1.82, 2.24) is 0 Å². The van der Waals surface area contributed by atoms with Crippen LogP contribution in [0.3, 0.4) is 0 Å². The molecule has 0 bridgehead atoms. The Kier molecular flexibility index (Phi) is 8.53. The quantitative estimate of drug-likeness (QED) is 0.553. The van der Waals surface area contributed by atoms with Crippen molar-refractivity contribution in [3.8, 4) is 0 Å². The van der Waals surface area contributed by atoms with Gasteiger partial charge in [0, 0.05) is 35.6 Å². The maximum absolute atomic E-state index is 5.83. The van der Waals surface area contributed by atoms with Gasteiger partial charge in [0.05, 0.1) is 19.7 Å². The highest BCUT2D eigenvalue weighted by atomic mass is 35.5. The van der Waals surface area contributed by atoms with E-state index in [0.29, 0.717) is 0 Å². The van der Waals surface area contributed by atoms with E-state index in [4.69, 9.17) is 16.3 Å². The molecule has 0 spiro atoms. The summed E-state index contributed by atoms with van der Waals surface area (Å²) >= 11 is 7.73. The highest BCUT2D eigenvalue weighted by Gasteiger charge is 1.96. The molecule has 2 nitrogen and oxygen atoms in total. The number of methoxy groups -OCH3 is 1. The summed E-state index contributed by atoms with van der Waals surface area (Å²) in [6.45, 7) is 3.24. The summed E-state index contributed by atoms with van der Waals surface area (Å²) in [6.07, 6.45) is 2.38. The van der Waals surface area contributed by atoms with Crippen LogP contribution in [0.2, 0.25) is 5.02 Å². The summed E-state index contributed by atoms with van der Waals surface area (Å²) in [5.41, 5.74) is 0. The minimum atomic E-state index is 0.806. The molecule has 0 heterocycles. The van der Waals surface area contributed by atoms with E-state index >= 15 is 0 Å². The van der Waals surface area contributed by atoms with Gasteiger partial charge in [0.2, 0.25) is 0 Å². The molecule has 1 aromatic carbocycles. The second-order valence-electron chi connectivity index (χ2n) is 3.87. The van der Waals surface area contributed by atoms with Crippen LogP contribution in [0.4, 0.5) is 0 Å². The third-order valence-corrected chi connectivity index (χ3v) is 3.74. The molecule has 2 N–H and O–H groups in total. The van der Waals surface area contributed by atoms with Gasteiger partial charge in [0.25, 0.3) is 0 Å². The molecule has 0 fully saturated rings. The summed E-state index contributed by atoms with van der Waals surface area (Å²) in [4.78, 5) is 1.30. The van der Waals surface area contributed by atoms with Crippen LogP contribution in [0.15, 0.2) is 29.2 Å². The molecule has 0 atom stereocenters. The van der Waals surface area contributed by atoms with E-state index in [1.165, 1.54) is 30.2 Å². The molecule has 0 aliphatic heterocycles. The lowest BCUT2D eigenvalue weighted by Crippen LogP contribution is -2.84. The van der Waals surface area contributed by atoms with E-state index in [2.05, 4.69) is 17.4 Å². The molecule has 1 aromatic rings. The Hall–Kier alpha value is -0.220. The zero-order chi connectivity index (χ0) is 12.3. The Labute approximate surface area is 113 Å². The molecule has 0 aromatic heterocycles. The fraction of sp³-hybridized carbons (Fsp3) is 0.538. The molecule has 17 heavy (non-hydrogen) atoms. The average Bonchev–Trinajstić information content (AvgIpc) is 2.35. The van der Waals surface area contributed by atoms with Crippen LogP contribution in [0.1, 0.15) is 12.8 Å². The third kappa shape index (κ3) is 7.66. The Balaban J connectivity index is 1.95. The number of hydrogen-bond donors (Lipinski definition) is 1. The van der Waals surface area contributed by atoms with Crippen molar-refractivity contribution >= 4 is 23.4 Å². The molecule has 0 saturated heterocycles. The molecule has 1 rings (SSSR count). The molecule has 0 radical (unpaired) electrons. The van der Waals surface area contributed by atoms with Gasteiger partial charge in [-0.1, -0.05) is 11.6 Å². The Morgan fingerprint density at radius 3 is 2.59 bits per heavy atom. The van der Waals surface area contributed by atoms with Gasteiger partial charge >= 0.3 is 0 Å². The zero-order valence-corrected chi connectivity index (χ0v) is 11.9. The summed E-state index contributed by atoms with van der Waals surface area (Å²) in [5, 5.41) is 3.17. The summed E-state index contributed by atoms with van der Waals surface area (Å²) in [5.74, 6) is 1.17. The molecular weight excluding hydrogens is 254 g/mol. The normalized spacial score (nSPS) is 10.7. The summed E-state index contributed by atoms with van der Waals surface area (Å²) < 4.78 is 5.00. The lowest BCUT2D eigenvalue weighted by atomic mass is 10.4. The minimum Gasteiger partial charge on any atom is -0.384 e. The molecule has 0 saturated carbocycles. The van der Waals surface area contributed by atoms with E-state index in [-0.39, 0.29) is 0 Å². The van der Waals surface area contributed by atoms with Crippen molar-refractivity contribution in [3.05, 3.63) is 29.3 Å². The Morgan fingerprint density at radius 1 is 1.18 bits per heavy atom. The van der Waals surface area contributed by atoms with Crippen molar-refractivity contribution in [2.75, 3.05) is 32.6 Å². The lowest BCUT2D eigenvalue weighted by Gasteiger charge is -2.02. The Bertz CT molecular complexity index is 292. The molecule has 0 aliphatic carbocycles. The van der Waals surface area contributed by atoms with Gasteiger partial charge in [-0.2, -0.15) is 0 Å². The van der Waals surface area contributed by atoms with Crippen LogP contribution in [0, 0.1) is 0 Å². The van der Waals surface area contributed by atoms with Gasteiger partial charge < -0.3 is 10.1 Å². The SMILES string of the molecule is COCCC[NH2+]CCCSc1ccc(Cl)cc1. The summed E-state index contributed by atoms with van der Waals surface area (Å²) in [6, 6.07) is 8.05. The van der Waals surface area contributed by atoms with Crippen molar-refractivity contribution in [2.24, 2.45) is 0 Å². The number of quaternary nitrogens is 1. The van der Waals surface area contributed by atoms with E-state index in [9.17, 15) is 0 Å². The predicted molar refractivity (Wildman–Crippen MR) is 74.9 cm³/mol. The average molecular weight is 275 g/mol. The summed E-state index contributed by atoms with van der Waals surface area (Å²) in [7, 11) is 1.75. The van der Waals surface area contributed by atoms with Gasteiger partial charge in [-0.3, -0.25) is 0 Å². The second-order valence-corrected chi connectivity index (χ2v) is 5.47. The monoisotopic (exact) mass is 274 g/mol. The fourth-order valence-corrected chi connectivity index (χ4v) is 2.47. The first-order valence-corrected chi connectivity index (χ1v) is 7.38. The molecule has 96 valence electrons. The first-order valence-electron chi connectivity index (χ1n) is 6.02. The van der Waals surface area contributed by atoms with Crippen molar-refractivity contribution in [3.63, 3.8) is 0 Å². The van der Waals surface area contributed by atoms with Gasteiger partial charge in [-0.25, -0.2) is 0 Å². The van der Waals surface area contributed by atoms with Crippen LogP contribution >= 0.6 is 23.4 Å². The largest absolute Gasteiger partial charge is 0.384 e. The number of benzene rings is 1. The van der Waals surface area contributed by atoms with E-state index in [1.54, 1.807) is 7.11 Å². The standard InChI is InChI=1S/C13H20ClNOS/c1-16-10-2-8-15-9-3-11-17-13-6-4-12(14)5-7-13/h4-7,15H,2-3,8-11H2,1H3/p+1. The van der Waals surface area contributed by atoms with Gasteiger partial charge in [-0.15, -0.1) is 11.8 Å². The molecular formula is C13H21ClNOS+. The predicted octanol–water partition coefficient (Wildman–Crippen LogP) is 2.42. The lowest BCUT2D eigenvalue weighted by molar-refractivity contribution is -0.655. The zero-order valence-electron chi connectivity index (χ0n) is 10.3. The van der Waals surface area contributed by atoms with Gasteiger partial charge in [-0.05, 0) is 24.3 Å². The van der Waals surface area contributed by atoms with Gasteiger partial charge in [0.1, 0.15) is 0 Å². The van der Waals surface area contributed by atoms with Gasteiger partial charge in [0.15, 0.2) is 0 Å². The van der Waals surface area contributed by atoms with E-state index < -0.39 is 0 Å². The van der Waals surface area contributed by atoms with Crippen LogP contribution < -0.4 is 5.32 Å². The van der Waals surface area contributed by atoms with Crippen LogP contribution in [0.25, 0.3) is 0 Å². The van der Waals surface area contributed by atoms with E-state index in [1.807, 2.05) is 23.9 Å². The first-order chi connectivity index (χ1) is 8.33. The highest BCUT2D eigenvalue weighted by Crippen LogP contribution is 2.20. The Morgan fingerprint density at radius 2 is 1.88 bits per heavy atom. The molecule has 4 heteroatoms. The highest BCUT2D eigenvalue weighted by molar-refractivity contribution is 7.99. The number of thioether (sulfide) groups is 1. The fourth-order valence-electron chi connectivity index (χ4n) is 1.46. The number of ether oxygens (including phenoxy) is 1. The van der Waals surface area contributed by atoms with Crippen LogP contribution in [-0.2, 0) is 4.74 Å². The molecule has 0 aliphatic rings.